The molecule has 5 nitrogen and oxygen atoms in total. The third-order valence-corrected chi connectivity index (χ3v) is 7.03. The summed E-state index contributed by atoms with van der Waals surface area (Å²) in [6, 6.07) is 16.0. The van der Waals surface area contributed by atoms with Gasteiger partial charge in [0.05, 0.1) is 10.6 Å². The van der Waals surface area contributed by atoms with E-state index < -0.39 is 22.0 Å². The lowest BCUT2D eigenvalue weighted by Crippen LogP contribution is -2.41. The number of halogens is 4. The average Bonchev–Trinajstić information content (AvgIpc) is 3.16. The zero-order valence-electron chi connectivity index (χ0n) is 15.8. The van der Waals surface area contributed by atoms with Crippen LogP contribution in [-0.2, 0) is 16.6 Å². The summed E-state index contributed by atoms with van der Waals surface area (Å²) in [5.74, 6) is -1.87. The van der Waals surface area contributed by atoms with E-state index in [1.165, 1.54) is 0 Å². The molecule has 0 radical (unpaired) electrons. The minimum atomic E-state index is -4.79. The predicted molar refractivity (Wildman–Crippen MR) is 109 cm³/mol. The lowest BCUT2D eigenvalue weighted by Gasteiger charge is -2.32. The van der Waals surface area contributed by atoms with Crippen molar-refractivity contribution in [3.63, 3.8) is 0 Å². The molecule has 10 heteroatoms. The topological polar surface area (TPSA) is 64.4 Å². The highest BCUT2D eigenvalue weighted by molar-refractivity contribution is 7.89. The summed E-state index contributed by atoms with van der Waals surface area (Å²) in [4.78, 5) is 1.92. The highest BCUT2D eigenvalue weighted by Gasteiger charge is 2.42. The maximum absolute atomic E-state index is 12.7. The quantitative estimate of drug-likeness (QED) is 0.652. The molecule has 0 saturated carbocycles. The number of alkyl halides is 3. The SMILES string of the molecule is N#Cc1ccc(N(Cc2ccccc2)[C@H]2CCN(S(=O)(=O)CC(F)(F)F)C2)cc1Cl. The van der Waals surface area contributed by atoms with E-state index in [2.05, 4.69) is 0 Å². The summed E-state index contributed by atoms with van der Waals surface area (Å²) >= 11 is 6.18. The van der Waals surface area contributed by atoms with Gasteiger partial charge in [-0.05, 0) is 30.2 Å². The van der Waals surface area contributed by atoms with E-state index in [1.807, 2.05) is 41.3 Å². The second-order valence-corrected chi connectivity index (χ2v) is 9.44. The molecule has 0 N–H and O–H groups in total. The molecule has 0 aromatic heterocycles. The van der Waals surface area contributed by atoms with E-state index >= 15 is 0 Å². The van der Waals surface area contributed by atoms with Crippen molar-refractivity contribution in [2.24, 2.45) is 0 Å². The van der Waals surface area contributed by atoms with Crippen LogP contribution in [0.1, 0.15) is 17.5 Å². The van der Waals surface area contributed by atoms with E-state index in [4.69, 9.17) is 16.9 Å². The molecule has 30 heavy (non-hydrogen) atoms. The standard InChI is InChI=1S/C20H19ClF3N3O2S/c21-19-10-17(7-6-16(19)11-25)27(12-15-4-2-1-3-5-15)18-8-9-26(13-18)30(28,29)14-20(22,23)24/h1-7,10,18H,8-9,12-14H2/t18-/m0/s1. The normalized spacial score (nSPS) is 17.6. The van der Waals surface area contributed by atoms with Crippen molar-refractivity contribution >= 4 is 27.3 Å². The molecule has 3 rings (SSSR count). The van der Waals surface area contributed by atoms with Crippen molar-refractivity contribution < 1.29 is 21.6 Å². The molecule has 0 amide bonds. The maximum Gasteiger partial charge on any atom is 0.404 e. The van der Waals surface area contributed by atoms with Gasteiger partial charge in [-0.1, -0.05) is 41.9 Å². The van der Waals surface area contributed by atoms with Crippen molar-refractivity contribution in [3.8, 4) is 6.07 Å². The molecule has 0 spiro atoms. The van der Waals surface area contributed by atoms with Gasteiger partial charge in [0.1, 0.15) is 6.07 Å². The number of sulfonamides is 1. The van der Waals surface area contributed by atoms with Gasteiger partial charge in [0.15, 0.2) is 5.75 Å². The molecule has 1 heterocycles. The van der Waals surface area contributed by atoms with Gasteiger partial charge in [-0.15, -0.1) is 0 Å². The highest BCUT2D eigenvalue weighted by atomic mass is 35.5. The fraction of sp³-hybridized carbons (Fsp3) is 0.350. The van der Waals surface area contributed by atoms with Crippen LogP contribution in [0.2, 0.25) is 5.02 Å². The van der Waals surface area contributed by atoms with Crippen molar-refractivity contribution in [2.45, 2.75) is 25.2 Å². The number of rotatable bonds is 6. The lowest BCUT2D eigenvalue weighted by molar-refractivity contribution is -0.107. The Hall–Kier alpha value is -2.28. The minimum absolute atomic E-state index is 0.0123. The summed E-state index contributed by atoms with van der Waals surface area (Å²) in [6.45, 7) is 0.377. The average molecular weight is 458 g/mol. The fourth-order valence-electron chi connectivity index (χ4n) is 3.50. The van der Waals surface area contributed by atoms with Gasteiger partial charge in [-0.25, -0.2) is 8.42 Å². The number of nitriles is 1. The Balaban J connectivity index is 1.88. The molecule has 0 bridgehead atoms. The van der Waals surface area contributed by atoms with E-state index in [9.17, 15) is 21.6 Å². The van der Waals surface area contributed by atoms with Crippen LogP contribution in [0.4, 0.5) is 18.9 Å². The van der Waals surface area contributed by atoms with Crippen LogP contribution in [0, 0.1) is 11.3 Å². The molecule has 1 fully saturated rings. The molecule has 1 aliphatic rings. The Morgan fingerprint density at radius 1 is 1.20 bits per heavy atom. The maximum atomic E-state index is 12.7. The zero-order chi connectivity index (χ0) is 21.9. The summed E-state index contributed by atoms with van der Waals surface area (Å²) in [7, 11) is -4.45. The summed E-state index contributed by atoms with van der Waals surface area (Å²) < 4.78 is 63.3. The van der Waals surface area contributed by atoms with Gasteiger partial charge >= 0.3 is 6.18 Å². The zero-order valence-corrected chi connectivity index (χ0v) is 17.4. The third-order valence-electron chi connectivity index (χ3n) is 4.91. The molecule has 2 aromatic carbocycles. The van der Waals surface area contributed by atoms with Gasteiger partial charge in [0.2, 0.25) is 10.0 Å². The Morgan fingerprint density at radius 2 is 1.90 bits per heavy atom. The summed E-state index contributed by atoms with van der Waals surface area (Å²) in [5, 5.41) is 9.36. The molecule has 0 aliphatic carbocycles. The van der Waals surface area contributed by atoms with Gasteiger partial charge in [0, 0.05) is 31.4 Å². The Labute approximate surface area is 178 Å². The number of hydrogen-bond donors (Lipinski definition) is 0. The number of hydrogen-bond acceptors (Lipinski definition) is 4. The molecular formula is C20H19ClF3N3O2S. The first-order valence-corrected chi connectivity index (χ1v) is 11.1. The van der Waals surface area contributed by atoms with Gasteiger partial charge < -0.3 is 4.90 Å². The van der Waals surface area contributed by atoms with E-state index in [-0.39, 0.29) is 24.2 Å². The monoisotopic (exact) mass is 457 g/mol. The van der Waals surface area contributed by atoms with Gasteiger partial charge in [-0.2, -0.15) is 22.7 Å². The molecular weight excluding hydrogens is 439 g/mol. The summed E-state index contributed by atoms with van der Waals surface area (Å²) in [5.41, 5.74) is 1.93. The minimum Gasteiger partial charge on any atom is -0.363 e. The molecule has 2 aromatic rings. The number of benzene rings is 2. The van der Waals surface area contributed by atoms with Crippen LogP contribution in [-0.4, -0.2) is 43.8 Å². The smallest absolute Gasteiger partial charge is 0.363 e. The van der Waals surface area contributed by atoms with Crippen molar-refractivity contribution in [2.75, 3.05) is 23.7 Å². The van der Waals surface area contributed by atoms with Crippen LogP contribution < -0.4 is 4.90 Å². The second kappa shape index (κ2) is 8.84. The van der Waals surface area contributed by atoms with Crippen LogP contribution in [0.3, 0.4) is 0 Å². The van der Waals surface area contributed by atoms with Gasteiger partial charge in [-0.3, -0.25) is 0 Å². The molecule has 1 atom stereocenters. The predicted octanol–water partition coefficient (Wildman–Crippen LogP) is 4.18. The third kappa shape index (κ3) is 5.45. The van der Waals surface area contributed by atoms with E-state index in [1.54, 1.807) is 18.2 Å². The molecule has 1 aliphatic heterocycles. The first kappa shape index (κ1) is 22.4. The van der Waals surface area contributed by atoms with Crippen LogP contribution in [0.5, 0.6) is 0 Å². The molecule has 0 unspecified atom stereocenters. The molecule has 160 valence electrons. The highest BCUT2D eigenvalue weighted by Crippen LogP contribution is 2.31. The van der Waals surface area contributed by atoms with Crippen LogP contribution in [0.15, 0.2) is 48.5 Å². The Kier molecular flexibility index (Phi) is 6.60. The first-order valence-electron chi connectivity index (χ1n) is 9.14. The van der Waals surface area contributed by atoms with Crippen LogP contribution in [0.25, 0.3) is 0 Å². The summed E-state index contributed by atoms with van der Waals surface area (Å²) in [6.07, 6.45) is -4.41. The van der Waals surface area contributed by atoms with E-state index in [0.29, 0.717) is 24.2 Å². The Morgan fingerprint density at radius 3 is 2.50 bits per heavy atom. The molecule has 1 saturated heterocycles. The Bertz CT molecular complexity index is 1040. The van der Waals surface area contributed by atoms with Crippen molar-refractivity contribution in [3.05, 3.63) is 64.7 Å². The number of nitrogens with zero attached hydrogens (tertiary/aromatic N) is 3. The van der Waals surface area contributed by atoms with Crippen molar-refractivity contribution in [1.29, 1.82) is 5.26 Å². The van der Waals surface area contributed by atoms with Crippen LogP contribution >= 0.6 is 11.6 Å². The fourth-order valence-corrected chi connectivity index (χ4v) is 5.10. The number of anilines is 1. The van der Waals surface area contributed by atoms with Crippen molar-refractivity contribution in [1.82, 2.24) is 4.31 Å². The largest absolute Gasteiger partial charge is 0.404 e. The second-order valence-electron chi connectivity index (χ2n) is 7.06. The van der Waals surface area contributed by atoms with E-state index in [0.717, 1.165) is 9.87 Å². The van der Waals surface area contributed by atoms with Gasteiger partial charge in [0.25, 0.3) is 0 Å². The first-order chi connectivity index (χ1) is 14.1. The lowest BCUT2D eigenvalue weighted by atomic mass is 10.1.